The summed E-state index contributed by atoms with van der Waals surface area (Å²) in [6, 6.07) is 16.0. The standard InChI is InChI=1S/C28H27N5O3S2/c1-19-22(15-24-27(35)33(28(37)38-24)18-21-9-6-14-36-21)25(30(2)26(34)23(19)16-29)32-12-10-31(11-13-32)17-20-7-4-3-5-8-20/h3-9,14-15H,10-13,17-18H2,1-2H3/b24-15-. The molecule has 8 nitrogen and oxygen atoms in total. The number of piperazine rings is 1. The van der Waals surface area contributed by atoms with Crippen molar-refractivity contribution >= 4 is 46.1 Å². The molecule has 2 aliphatic heterocycles. The summed E-state index contributed by atoms with van der Waals surface area (Å²) in [5, 5.41) is 9.75. The molecule has 2 aliphatic rings. The number of carbonyl (C=O) groups is 1. The second kappa shape index (κ2) is 11.0. The van der Waals surface area contributed by atoms with Crippen LogP contribution in [0.2, 0.25) is 0 Å². The van der Waals surface area contributed by atoms with Crippen LogP contribution in [-0.4, -0.2) is 50.8 Å². The fourth-order valence-electron chi connectivity index (χ4n) is 4.88. The number of amides is 1. The number of furan rings is 1. The van der Waals surface area contributed by atoms with Gasteiger partial charge in [-0.25, -0.2) is 0 Å². The molecule has 5 rings (SSSR count). The summed E-state index contributed by atoms with van der Waals surface area (Å²) in [5.74, 6) is 1.13. The van der Waals surface area contributed by atoms with Crippen molar-refractivity contribution in [3.8, 4) is 6.07 Å². The topological polar surface area (TPSA) is 85.7 Å². The normalized spacial score (nSPS) is 17.4. The van der Waals surface area contributed by atoms with Crippen LogP contribution in [0, 0.1) is 18.3 Å². The van der Waals surface area contributed by atoms with Gasteiger partial charge in [0.05, 0.1) is 17.7 Å². The van der Waals surface area contributed by atoms with E-state index in [4.69, 9.17) is 16.6 Å². The predicted octanol–water partition coefficient (Wildman–Crippen LogP) is 3.88. The molecule has 194 valence electrons. The molecule has 2 aromatic heterocycles. The maximum atomic E-state index is 13.3. The Morgan fingerprint density at radius 2 is 1.82 bits per heavy atom. The van der Waals surface area contributed by atoms with Crippen molar-refractivity contribution in [2.24, 2.45) is 7.05 Å². The molecule has 3 aromatic rings. The number of anilines is 1. The highest BCUT2D eigenvalue weighted by Crippen LogP contribution is 2.36. The predicted molar refractivity (Wildman–Crippen MR) is 152 cm³/mol. The lowest BCUT2D eigenvalue weighted by molar-refractivity contribution is -0.122. The van der Waals surface area contributed by atoms with Crippen LogP contribution in [0.1, 0.15) is 28.0 Å². The second-order valence-corrected chi connectivity index (χ2v) is 11.0. The van der Waals surface area contributed by atoms with Crippen molar-refractivity contribution in [2.45, 2.75) is 20.0 Å². The Bertz CT molecular complexity index is 1500. The molecule has 10 heteroatoms. The van der Waals surface area contributed by atoms with Crippen LogP contribution in [0.4, 0.5) is 5.82 Å². The van der Waals surface area contributed by atoms with Crippen LogP contribution in [0.15, 0.2) is 62.8 Å². The minimum Gasteiger partial charge on any atom is -0.467 e. The molecular weight excluding hydrogens is 518 g/mol. The number of thioether (sulfide) groups is 1. The summed E-state index contributed by atoms with van der Waals surface area (Å²) in [6.45, 7) is 5.97. The molecular formula is C28H27N5O3S2. The third-order valence-corrected chi connectivity index (χ3v) is 8.31. The number of carbonyl (C=O) groups excluding carboxylic acids is 1. The van der Waals surface area contributed by atoms with Gasteiger partial charge in [-0.1, -0.05) is 54.3 Å². The van der Waals surface area contributed by atoms with Crippen molar-refractivity contribution in [1.82, 2.24) is 14.4 Å². The highest BCUT2D eigenvalue weighted by Gasteiger charge is 2.34. The quantitative estimate of drug-likeness (QED) is 0.341. The molecule has 0 radical (unpaired) electrons. The van der Waals surface area contributed by atoms with Crippen LogP contribution in [0.5, 0.6) is 0 Å². The number of hydrogen-bond donors (Lipinski definition) is 0. The molecule has 1 amide bonds. The summed E-state index contributed by atoms with van der Waals surface area (Å²) >= 11 is 6.72. The molecule has 0 aliphatic carbocycles. The second-order valence-electron chi connectivity index (χ2n) is 9.31. The van der Waals surface area contributed by atoms with E-state index in [9.17, 15) is 14.9 Å². The molecule has 0 spiro atoms. The average molecular weight is 546 g/mol. The van der Waals surface area contributed by atoms with Crippen LogP contribution in [-0.2, 0) is 24.9 Å². The number of benzene rings is 1. The first-order chi connectivity index (χ1) is 18.4. The van der Waals surface area contributed by atoms with Crippen LogP contribution in [0.25, 0.3) is 6.08 Å². The Balaban J connectivity index is 1.46. The largest absolute Gasteiger partial charge is 0.467 e. The monoisotopic (exact) mass is 545 g/mol. The molecule has 0 saturated carbocycles. The first-order valence-corrected chi connectivity index (χ1v) is 13.5. The Morgan fingerprint density at radius 1 is 1.08 bits per heavy atom. The minimum atomic E-state index is -0.339. The third kappa shape index (κ3) is 5.05. The van der Waals surface area contributed by atoms with E-state index in [2.05, 4.69) is 28.0 Å². The zero-order valence-corrected chi connectivity index (χ0v) is 22.8. The van der Waals surface area contributed by atoms with Gasteiger partial charge < -0.3 is 9.32 Å². The molecule has 0 bridgehead atoms. The van der Waals surface area contributed by atoms with Gasteiger partial charge in [0.2, 0.25) is 0 Å². The van der Waals surface area contributed by atoms with E-state index in [-0.39, 0.29) is 23.6 Å². The first-order valence-electron chi connectivity index (χ1n) is 12.3. The molecule has 38 heavy (non-hydrogen) atoms. The van der Waals surface area contributed by atoms with E-state index in [1.165, 1.54) is 26.8 Å². The summed E-state index contributed by atoms with van der Waals surface area (Å²) in [4.78, 5) is 32.9. The number of hydrogen-bond acceptors (Lipinski definition) is 8. The van der Waals surface area contributed by atoms with E-state index >= 15 is 0 Å². The smallest absolute Gasteiger partial charge is 0.270 e. The highest BCUT2D eigenvalue weighted by molar-refractivity contribution is 8.26. The SMILES string of the molecule is Cc1c(/C=C2\SC(=S)N(Cc3ccco3)C2=O)c(N2CCN(Cc3ccccc3)CC2)n(C)c(=O)c1C#N. The van der Waals surface area contributed by atoms with Gasteiger partial charge in [-0.3, -0.25) is 24.0 Å². The van der Waals surface area contributed by atoms with Gasteiger partial charge >= 0.3 is 0 Å². The fourth-order valence-corrected chi connectivity index (χ4v) is 6.12. The van der Waals surface area contributed by atoms with E-state index in [0.717, 1.165) is 19.6 Å². The van der Waals surface area contributed by atoms with Gasteiger partial charge in [0.1, 0.15) is 27.5 Å². The van der Waals surface area contributed by atoms with Gasteiger partial charge in [0.15, 0.2) is 0 Å². The summed E-state index contributed by atoms with van der Waals surface area (Å²) in [5.41, 5.74) is 2.26. The Kier molecular flexibility index (Phi) is 7.51. The van der Waals surface area contributed by atoms with Crippen molar-refractivity contribution in [3.63, 3.8) is 0 Å². The van der Waals surface area contributed by atoms with E-state index in [1.807, 2.05) is 18.2 Å². The van der Waals surface area contributed by atoms with Crippen LogP contribution in [0.3, 0.4) is 0 Å². The molecule has 0 unspecified atom stereocenters. The Morgan fingerprint density at radius 3 is 2.47 bits per heavy atom. The van der Waals surface area contributed by atoms with Gasteiger partial charge in [0.25, 0.3) is 11.5 Å². The third-order valence-electron chi connectivity index (χ3n) is 6.93. The number of pyridine rings is 1. The van der Waals surface area contributed by atoms with E-state index < -0.39 is 0 Å². The number of nitriles is 1. The van der Waals surface area contributed by atoms with Gasteiger partial charge in [-0.2, -0.15) is 5.26 Å². The fraction of sp³-hybridized carbons (Fsp3) is 0.286. The van der Waals surface area contributed by atoms with Crippen molar-refractivity contribution in [1.29, 1.82) is 5.26 Å². The van der Waals surface area contributed by atoms with E-state index in [0.29, 0.717) is 45.0 Å². The van der Waals surface area contributed by atoms with E-state index in [1.54, 1.807) is 38.4 Å². The summed E-state index contributed by atoms with van der Waals surface area (Å²) in [7, 11) is 1.69. The van der Waals surface area contributed by atoms with Gasteiger partial charge in [-0.05, 0) is 36.3 Å². The van der Waals surface area contributed by atoms with Gasteiger partial charge in [0, 0.05) is 45.3 Å². The highest BCUT2D eigenvalue weighted by atomic mass is 32.2. The Hall–Kier alpha value is -3.65. The van der Waals surface area contributed by atoms with Gasteiger partial charge in [-0.15, -0.1) is 0 Å². The number of aromatic nitrogens is 1. The molecule has 2 fully saturated rings. The minimum absolute atomic E-state index is 0.0799. The maximum absolute atomic E-state index is 13.3. The van der Waals surface area contributed by atoms with Crippen molar-refractivity contribution in [2.75, 3.05) is 31.1 Å². The van der Waals surface area contributed by atoms with Crippen LogP contribution < -0.4 is 10.5 Å². The average Bonchev–Trinajstić information content (AvgIpc) is 3.53. The molecule has 1 aromatic carbocycles. The molecule has 2 saturated heterocycles. The molecule has 4 heterocycles. The maximum Gasteiger partial charge on any atom is 0.270 e. The molecule has 0 N–H and O–H groups in total. The summed E-state index contributed by atoms with van der Waals surface area (Å²) in [6.07, 6.45) is 3.34. The lowest BCUT2D eigenvalue weighted by atomic mass is 10.0. The zero-order valence-electron chi connectivity index (χ0n) is 21.2. The number of rotatable bonds is 6. The molecule has 0 atom stereocenters. The summed E-state index contributed by atoms with van der Waals surface area (Å²) < 4.78 is 7.38. The Labute approximate surface area is 230 Å². The van der Waals surface area contributed by atoms with Crippen LogP contribution >= 0.6 is 24.0 Å². The lowest BCUT2D eigenvalue weighted by Crippen LogP contribution is -2.48. The number of thiocarbonyl (C=S) groups is 1. The lowest BCUT2D eigenvalue weighted by Gasteiger charge is -2.37. The van der Waals surface area contributed by atoms with Crippen molar-refractivity contribution < 1.29 is 9.21 Å². The first kappa shape index (κ1) is 26.0. The zero-order chi connectivity index (χ0) is 26.8. The number of nitrogens with zero attached hydrogens (tertiary/aromatic N) is 5. The van der Waals surface area contributed by atoms with Crippen molar-refractivity contribution in [3.05, 3.63) is 92.0 Å².